The Bertz CT molecular complexity index is 916. The van der Waals surface area contributed by atoms with E-state index in [-0.39, 0.29) is 5.60 Å². The second-order valence-electron chi connectivity index (χ2n) is 8.10. The molecule has 5 nitrogen and oxygen atoms in total. The number of hydrogen-bond acceptors (Lipinski definition) is 4. The van der Waals surface area contributed by atoms with Crippen LogP contribution in [0.5, 0.6) is 0 Å². The van der Waals surface area contributed by atoms with Gasteiger partial charge in [-0.3, -0.25) is 9.62 Å². The van der Waals surface area contributed by atoms with Gasteiger partial charge in [-0.1, -0.05) is 42.5 Å². The van der Waals surface area contributed by atoms with Crippen LogP contribution < -0.4 is 4.72 Å². The molecule has 0 radical (unpaired) electrons. The van der Waals surface area contributed by atoms with E-state index < -0.39 is 10.0 Å². The van der Waals surface area contributed by atoms with Crippen LogP contribution >= 0.6 is 0 Å². The van der Waals surface area contributed by atoms with E-state index in [1.807, 2.05) is 12.1 Å². The fraction of sp³-hybridized carbons (Fsp3) is 0.455. The Morgan fingerprint density at radius 3 is 2.36 bits per heavy atom. The third kappa shape index (κ3) is 3.69. The predicted molar refractivity (Wildman–Crippen MR) is 112 cm³/mol. The second kappa shape index (κ2) is 7.50. The topological polar surface area (TPSA) is 58.6 Å². The summed E-state index contributed by atoms with van der Waals surface area (Å²) in [5.74, 6) is 0.793. The van der Waals surface area contributed by atoms with Gasteiger partial charge in [0.2, 0.25) is 10.0 Å². The highest BCUT2D eigenvalue weighted by molar-refractivity contribution is 7.92. The molecule has 1 aliphatic carbocycles. The molecule has 1 N–H and O–H groups in total. The Hall–Kier alpha value is -1.89. The largest absolute Gasteiger partial charge is 0.373 e. The number of likely N-dealkylation sites (tertiary alicyclic amines) is 1. The number of benzene rings is 2. The highest BCUT2D eigenvalue weighted by Gasteiger charge is 2.55. The smallest absolute Gasteiger partial charge is 0.229 e. The predicted octanol–water partition coefficient (Wildman–Crippen LogP) is 3.44. The van der Waals surface area contributed by atoms with Gasteiger partial charge in [-0.05, 0) is 36.1 Å². The van der Waals surface area contributed by atoms with Crippen molar-refractivity contribution in [1.82, 2.24) is 4.90 Å². The number of methoxy groups -OCH3 is 1. The first-order valence-electron chi connectivity index (χ1n) is 9.80. The van der Waals surface area contributed by atoms with E-state index in [2.05, 4.69) is 46.0 Å². The summed E-state index contributed by atoms with van der Waals surface area (Å²) < 4.78 is 32.1. The molecule has 2 unspecified atom stereocenters. The number of hydrogen-bond donors (Lipinski definition) is 1. The summed E-state index contributed by atoms with van der Waals surface area (Å²) in [6.45, 7) is 2.94. The Morgan fingerprint density at radius 2 is 1.75 bits per heavy atom. The van der Waals surface area contributed by atoms with Gasteiger partial charge in [0.1, 0.15) is 5.60 Å². The lowest BCUT2D eigenvalue weighted by Gasteiger charge is -2.47. The number of anilines is 1. The zero-order chi connectivity index (χ0) is 19.8. The van der Waals surface area contributed by atoms with E-state index in [0.717, 1.165) is 38.0 Å². The number of nitrogens with zero attached hydrogens (tertiary/aromatic N) is 1. The summed E-state index contributed by atoms with van der Waals surface area (Å²) in [6.07, 6.45) is 3.44. The van der Waals surface area contributed by atoms with E-state index in [0.29, 0.717) is 17.5 Å². The van der Waals surface area contributed by atoms with Crippen molar-refractivity contribution in [1.29, 1.82) is 0 Å². The standard InChI is InChI=1S/C22H28N2O3S/c1-27-22(18-9-6-10-21(13-18)23-28(2,25)26)19-11-12-20(22)16-24(15-19)14-17-7-4-3-5-8-17/h3-10,13,19-20,23H,11-12,14-16H2,1-2H3. The highest BCUT2D eigenvalue weighted by Crippen LogP contribution is 2.54. The summed E-state index contributed by atoms with van der Waals surface area (Å²) in [5.41, 5.74) is 2.67. The summed E-state index contributed by atoms with van der Waals surface area (Å²) in [7, 11) is -1.50. The van der Waals surface area contributed by atoms with E-state index in [4.69, 9.17) is 4.74 Å². The van der Waals surface area contributed by atoms with Crippen LogP contribution in [0.2, 0.25) is 0 Å². The Kier molecular flexibility index (Phi) is 5.21. The summed E-state index contributed by atoms with van der Waals surface area (Å²) in [4.78, 5) is 2.54. The lowest BCUT2D eigenvalue weighted by Crippen LogP contribution is -2.52. The maximum Gasteiger partial charge on any atom is 0.229 e. The molecule has 0 aromatic heterocycles. The molecule has 4 rings (SSSR count). The maximum absolute atomic E-state index is 11.6. The molecule has 150 valence electrons. The summed E-state index contributed by atoms with van der Waals surface area (Å²) in [6, 6.07) is 18.3. The van der Waals surface area contributed by atoms with Crippen LogP contribution in [0.4, 0.5) is 5.69 Å². The second-order valence-corrected chi connectivity index (χ2v) is 9.85. The van der Waals surface area contributed by atoms with Crippen molar-refractivity contribution >= 4 is 15.7 Å². The average Bonchev–Trinajstić information content (AvgIpc) is 2.85. The van der Waals surface area contributed by atoms with Crippen molar-refractivity contribution in [2.45, 2.75) is 25.0 Å². The van der Waals surface area contributed by atoms with Gasteiger partial charge in [0.15, 0.2) is 0 Å². The third-order valence-electron chi connectivity index (χ3n) is 6.24. The lowest BCUT2D eigenvalue weighted by atomic mass is 9.74. The molecule has 0 amide bonds. The van der Waals surface area contributed by atoms with Crippen molar-refractivity contribution in [3.8, 4) is 0 Å². The van der Waals surface area contributed by atoms with Crippen LogP contribution in [-0.4, -0.2) is 39.8 Å². The van der Waals surface area contributed by atoms with E-state index in [1.165, 1.54) is 11.8 Å². The van der Waals surface area contributed by atoms with E-state index >= 15 is 0 Å². The van der Waals surface area contributed by atoms with Gasteiger partial charge in [-0.2, -0.15) is 0 Å². The van der Waals surface area contributed by atoms with Crippen molar-refractivity contribution in [2.75, 3.05) is 31.2 Å². The van der Waals surface area contributed by atoms with Gasteiger partial charge in [0.05, 0.1) is 6.26 Å². The van der Waals surface area contributed by atoms with Crippen molar-refractivity contribution in [3.63, 3.8) is 0 Å². The molecule has 0 spiro atoms. The molecule has 1 saturated carbocycles. The number of fused-ring (bicyclic) bond motifs is 2. The molecular formula is C22H28N2O3S. The van der Waals surface area contributed by atoms with Crippen LogP contribution in [-0.2, 0) is 26.9 Å². The normalized spacial score (nSPS) is 27.6. The molecule has 2 bridgehead atoms. The number of ether oxygens (including phenoxy) is 1. The molecule has 6 heteroatoms. The fourth-order valence-electron chi connectivity index (χ4n) is 5.25. The first-order chi connectivity index (χ1) is 13.4. The first-order valence-corrected chi connectivity index (χ1v) is 11.7. The zero-order valence-corrected chi connectivity index (χ0v) is 17.3. The fourth-order valence-corrected chi connectivity index (χ4v) is 5.80. The number of piperidine rings is 1. The van der Waals surface area contributed by atoms with Gasteiger partial charge < -0.3 is 4.74 Å². The van der Waals surface area contributed by atoms with Crippen LogP contribution in [0.3, 0.4) is 0 Å². The SMILES string of the molecule is COC1(c2cccc(NS(C)(=O)=O)c2)C2CCC1CN(Cc1ccccc1)C2. The van der Waals surface area contributed by atoms with Gasteiger partial charge in [0, 0.05) is 44.3 Å². The molecule has 2 aromatic rings. The molecule has 2 aliphatic rings. The molecule has 2 atom stereocenters. The molecule has 2 aromatic carbocycles. The van der Waals surface area contributed by atoms with Gasteiger partial charge >= 0.3 is 0 Å². The molecule has 2 fully saturated rings. The van der Waals surface area contributed by atoms with Gasteiger partial charge in [-0.25, -0.2) is 8.42 Å². The number of nitrogens with one attached hydrogen (secondary N) is 1. The van der Waals surface area contributed by atoms with Crippen LogP contribution in [0.1, 0.15) is 24.0 Å². The van der Waals surface area contributed by atoms with Crippen LogP contribution in [0.25, 0.3) is 0 Å². The van der Waals surface area contributed by atoms with Crippen LogP contribution in [0.15, 0.2) is 54.6 Å². The van der Waals surface area contributed by atoms with E-state index in [1.54, 1.807) is 13.2 Å². The Labute approximate surface area is 167 Å². The molecule has 1 heterocycles. The van der Waals surface area contributed by atoms with Gasteiger partial charge in [-0.15, -0.1) is 0 Å². The zero-order valence-electron chi connectivity index (χ0n) is 16.5. The quantitative estimate of drug-likeness (QED) is 0.807. The Balaban J connectivity index is 1.60. The molecule has 1 aliphatic heterocycles. The van der Waals surface area contributed by atoms with Crippen molar-refractivity contribution in [3.05, 3.63) is 65.7 Å². The minimum Gasteiger partial charge on any atom is -0.373 e. The average molecular weight is 401 g/mol. The maximum atomic E-state index is 11.6. The first kappa shape index (κ1) is 19.4. The van der Waals surface area contributed by atoms with Crippen LogP contribution in [0, 0.1) is 11.8 Å². The third-order valence-corrected chi connectivity index (χ3v) is 6.84. The van der Waals surface area contributed by atoms with Crippen molar-refractivity contribution < 1.29 is 13.2 Å². The van der Waals surface area contributed by atoms with Gasteiger partial charge in [0.25, 0.3) is 0 Å². The monoisotopic (exact) mass is 400 g/mol. The highest BCUT2D eigenvalue weighted by atomic mass is 32.2. The summed E-state index contributed by atoms with van der Waals surface area (Å²) >= 11 is 0. The van der Waals surface area contributed by atoms with E-state index in [9.17, 15) is 8.42 Å². The molecule has 1 saturated heterocycles. The number of rotatable bonds is 6. The minimum atomic E-state index is -3.31. The number of sulfonamides is 1. The minimum absolute atomic E-state index is 0.345. The molecular weight excluding hydrogens is 372 g/mol. The Morgan fingerprint density at radius 1 is 1.07 bits per heavy atom. The molecule has 28 heavy (non-hydrogen) atoms. The van der Waals surface area contributed by atoms with Crippen molar-refractivity contribution in [2.24, 2.45) is 11.8 Å². The lowest BCUT2D eigenvalue weighted by molar-refractivity contribution is -0.120. The summed E-state index contributed by atoms with van der Waals surface area (Å²) in [5, 5.41) is 0.